The molecule has 1 unspecified atom stereocenters. The van der Waals surface area contributed by atoms with Gasteiger partial charge < -0.3 is 19.7 Å². The molecule has 2 aliphatic rings. The summed E-state index contributed by atoms with van der Waals surface area (Å²) >= 11 is 0. The van der Waals surface area contributed by atoms with E-state index < -0.39 is 35.8 Å². The second-order valence-electron chi connectivity index (χ2n) is 8.43. The van der Waals surface area contributed by atoms with Crippen LogP contribution in [0.1, 0.15) is 38.5 Å². The average Bonchev–Trinajstić information content (AvgIpc) is 2.88. The Labute approximate surface area is 179 Å². The predicted octanol–water partition coefficient (Wildman–Crippen LogP) is 4.29. The van der Waals surface area contributed by atoms with Gasteiger partial charge in [0.1, 0.15) is 24.7 Å². The molecular weight excluding hydrogens is 413 g/mol. The summed E-state index contributed by atoms with van der Waals surface area (Å²) in [7, 11) is 0. The molecule has 5 nitrogen and oxygen atoms in total. The molecule has 1 aliphatic heterocycles. The smallest absolute Gasteiger partial charge is 0.303 e. The van der Waals surface area contributed by atoms with Gasteiger partial charge in [-0.05, 0) is 49.7 Å². The maximum absolute atomic E-state index is 14.6. The van der Waals surface area contributed by atoms with Crippen LogP contribution >= 0.6 is 0 Å². The van der Waals surface area contributed by atoms with Crippen molar-refractivity contribution in [2.45, 2.75) is 56.9 Å². The number of hydrogen-bond acceptors (Lipinski definition) is 4. The summed E-state index contributed by atoms with van der Waals surface area (Å²) in [6, 6.07) is 2.82. The van der Waals surface area contributed by atoms with Crippen LogP contribution in [-0.4, -0.2) is 47.8 Å². The minimum Gasteiger partial charge on any atom is -0.487 e. The minimum atomic E-state index is -1.09. The average molecular weight is 442 g/mol. The highest BCUT2D eigenvalue weighted by Gasteiger charge is 2.44. The molecule has 0 spiro atoms. The van der Waals surface area contributed by atoms with E-state index in [4.69, 9.17) is 14.6 Å². The number of allylic oxidation sites excluding steroid dienone is 1. The molecule has 1 heterocycles. The van der Waals surface area contributed by atoms with Crippen molar-refractivity contribution in [1.29, 1.82) is 0 Å². The lowest BCUT2D eigenvalue weighted by molar-refractivity contribution is -0.137. The first-order valence-electron chi connectivity index (χ1n) is 10.7. The first-order valence-corrected chi connectivity index (χ1v) is 10.7. The van der Waals surface area contributed by atoms with Gasteiger partial charge in [0.25, 0.3) is 0 Å². The number of alkyl halides is 1. The Balaban J connectivity index is 1.51. The third-order valence-electron chi connectivity index (χ3n) is 6.16. The van der Waals surface area contributed by atoms with Crippen molar-refractivity contribution in [3.05, 3.63) is 42.0 Å². The number of carboxylic acids is 1. The number of aliphatic hydroxyl groups excluding tert-OH is 1. The van der Waals surface area contributed by atoms with E-state index in [1.807, 2.05) is 0 Å². The van der Waals surface area contributed by atoms with Crippen molar-refractivity contribution in [2.24, 2.45) is 17.8 Å². The van der Waals surface area contributed by atoms with Crippen LogP contribution in [-0.2, 0) is 9.53 Å². The molecule has 1 aliphatic carbocycles. The van der Waals surface area contributed by atoms with E-state index in [9.17, 15) is 23.1 Å². The van der Waals surface area contributed by atoms with Gasteiger partial charge in [0.15, 0.2) is 11.6 Å². The lowest BCUT2D eigenvalue weighted by atomic mass is 9.86. The van der Waals surface area contributed by atoms with E-state index in [0.29, 0.717) is 19.4 Å². The van der Waals surface area contributed by atoms with Gasteiger partial charge in [-0.25, -0.2) is 13.2 Å². The Hall–Kier alpha value is -2.06. The predicted molar refractivity (Wildman–Crippen MR) is 107 cm³/mol. The number of ether oxygens (including phenoxy) is 2. The van der Waals surface area contributed by atoms with E-state index in [-0.39, 0.29) is 36.7 Å². The molecule has 0 aromatic heterocycles. The van der Waals surface area contributed by atoms with Gasteiger partial charge in [-0.15, -0.1) is 0 Å². The van der Waals surface area contributed by atoms with Gasteiger partial charge in [-0.1, -0.05) is 12.2 Å². The van der Waals surface area contributed by atoms with Crippen molar-refractivity contribution in [3.63, 3.8) is 0 Å². The van der Waals surface area contributed by atoms with Crippen molar-refractivity contribution < 1.29 is 37.7 Å². The van der Waals surface area contributed by atoms with E-state index in [1.54, 1.807) is 6.08 Å². The molecular formula is C23H29F3O5. The number of aliphatic carboxylic acids is 1. The van der Waals surface area contributed by atoms with Crippen LogP contribution in [0.2, 0.25) is 0 Å². The summed E-state index contributed by atoms with van der Waals surface area (Å²) in [5.74, 6) is -2.61. The fraction of sp³-hybridized carbons (Fsp3) is 0.609. The molecule has 1 saturated heterocycles. The van der Waals surface area contributed by atoms with Crippen molar-refractivity contribution in [2.75, 3.05) is 13.2 Å². The zero-order valence-corrected chi connectivity index (χ0v) is 17.3. The summed E-state index contributed by atoms with van der Waals surface area (Å²) in [6.45, 7) is 0.233. The first kappa shape index (κ1) is 23.6. The van der Waals surface area contributed by atoms with Crippen LogP contribution in [0.5, 0.6) is 5.75 Å². The molecule has 1 aromatic rings. The Bertz CT molecular complexity index is 772. The standard InChI is InChI=1S/C23H29F3O5/c24-15-5-9-19(25)22(10-15)31-13-16(27)6-8-17-18-7-4-14(2-1-3-23(28)29)12-30-21(18)11-20(17)26/h5-6,8-10,14,16-18,20-21,27H,1-4,7,11-13H2,(H,28,29)/t14-,16+,17+,18+,20?,21-/m0/s1. The van der Waals surface area contributed by atoms with Gasteiger partial charge in [-0.3, -0.25) is 4.79 Å². The van der Waals surface area contributed by atoms with Crippen LogP contribution in [0.15, 0.2) is 30.4 Å². The molecule has 2 N–H and O–H groups in total. The van der Waals surface area contributed by atoms with Crippen LogP contribution in [0, 0.1) is 29.4 Å². The minimum absolute atomic E-state index is 0.00972. The van der Waals surface area contributed by atoms with Gasteiger partial charge in [0, 0.05) is 31.4 Å². The summed E-state index contributed by atoms with van der Waals surface area (Å²) < 4.78 is 52.5. The van der Waals surface area contributed by atoms with Gasteiger partial charge in [-0.2, -0.15) is 0 Å². The van der Waals surface area contributed by atoms with Crippen molar-refractivity contribution >= 4 is 5.97 Å². The monoisotopic (exact) mass is 442 g/mol. The number of rotatable bonds is 9. The molecule has 0 bridgehead atoms. The third-order valence-corrected chi connectivity index (χ3v) is 6.16. The van der Waals surface area contributed by atoms with Gasteiger partial charge in [0.05, 0.1) is 6.10 Å². The van der Waals surface area contributed by atoms with E-state index in [1.165, 1.54) is 6.08 Å². The molecule has 0 amide bonds. The highest BCUT2D eigenvalue weighted by atomic mass is 19.1. The lowest BCUT2D eigenvalue weighted by Gasteiger charge is -2.20. The fourth-order valence-electron chi connectivity index (χ4n) is 4.52. The maximum Gasteiger partial charge on any atom is 0.303 e. The molecule has 1 saturated carbocycles. The number of carboxylic acid groups (broad SMARTS) is 1. The normalized spacial score (nSPS) is 29.5. The largest absolute Gasteiger partial charge is 0.487 e. The summed E-state index contributed by atoms with van der Waals surface area (Å²) in [4.78, 5) is 10.7. The highest BCUT2D eigenvalue weighted by Crippen LogP contribution is 2.43. The fourth-order valence-corrected chi connectivity index (χ4v) is 4.52. The first-order chi connectivity index (χ1) is 14.8. The Morgan fingerprint density at radius 3 is 2.90 bits per heavy atom. The Kier molecular flexibility index (Phi) is 8.37. The van der Waals surface area contributed by atoms with E-state index >= 15 is 0 Å². The molecule has 31 heavy (non-hydrogen) atoms. The number of halogens is 3. The molecule has 1 aromatic carbocycles. The van der Waals surface area contributed by atoms with E-state index in [2.05, 4.69) is 0 Å². The summed E-state index contributed by atoms with van der Waals surface area (Å²) in [5.41, 5.74) is 0. The van der Waals surface area contributed by atoms with Crippen LogP contribution < -0.4 is 4.74 Å². The summed E-state index contributed by atoms with van der Waals surface area (Å²) in [5, 5.41) is 18.9. The van der Waals surface area contributed by atoms with Crippen LogP contribution in [0.25, 0.3) is 0 Å². The summed E-state index contributed by atoms with van der Waals surface area (Å²) in [6.07, 6.45) is 4.15. The number of fused-ring (bicyclic) bond motifs is 1. The van der Waals surface area contributed by atoms with Crippen LogP contribution in [0.4, 0.5) is 13.2 Å². The van der Waals surface area contributed by atoms with E-state index in [0.717, 1.165) is 37.5 Å². The Morgan fingerprint density at radius 1 is 1.32 bits per heavy atom. The maximum atomic E-state index is 14.6. The zero-order chi connectivity index (χ0) is 22.4. The molecule has 6 atom stereocenters. The SMILES string of the molecule is O=C(O)CCC[C@H]1CC[C@H]2[C@H](CC(F)[C@@H]2C=C[C@@H](O)COc2cc(F)ccc2F)OC1. The number of hydrogen-bond donors (Lipinski definition) is 2. The van der Waals surface area contributed by atoms with Crippen molar-refractivity contribution in [1.82, 2.24) is 0 Å². The van der Waals surface area contributed by atoms with Gasteiger partial charge >= 0.3 is 5.97 Å². The van der Waals surface area contributed by atoms with Crippen LogP contribution in [0.3, 0.4) is 0 Å². The lowest BCUT2D eigenvalue weighted by Crippen LogP contribution is -2.21. The second-order valence-corrected chi connectivity index (χ2v) is 8.43. The molecule has 2 fully saturated rings. The second kappa shape index (κ2) is 11.0. The zero-order valence-electron chi connectivity index (χ0n) is 17.3. The van der Waals surface area contributed by atoms with Gasteiger partial charge in [0.2, 0.25) is 0 Å². The molecule has 172 valence electrons. The number of carbonyl (C=O) groups is 1. The third kappa shape index (κ3) is 6.71. The molecule has 8 heteroatoms. The quantitative estimate of drug-likeness (QED) is 0.558. The molecule has 0 radical (unpaired) electrons. The highest BCUT2D eigenvalue weighted by molar-refractivity contribution is 5.66. The topological polar surface area (TPSA) is 76.0 Å². The number of aliphatic hydroxyl groups is 1. The molecule has 3 rings (SSSR count). The van der Waals surface area contributed by atoms with Crippen molar-refractivity contribution in [3.8, 4) is 5.75 Å². The Morgan fingerprint density at radius 2 is 2.13 bits per heavy atom. The number of benzene rings is 1.